The summed E-state index contributed by atoms with van der Waals surface area (Å²) in [4.78, 5) is 2.34. The molecule has 2 heteroatoms. The van der Waals surface area contributed by atoms with Crippen LogP contribution in [0.5, 0.6) is 0 Å². The summed E-state index contributed by atoms with van der Waals surface area (Å²) in [5.41, 5.74) is 0.275. The number of nitrogens with zero attached hydrogens (tertiary/aromatic N) is 1. The quantitative estimate of drug-likeness (QED) is 0.572. The third-order valence-electron chi connectivity index (χ3n) is 2.92. The Morgan fingerprint density at radius 1 is 1.36 bits per heavy atom. The van der Waals surface area contributed by atoms with Crippen molar-refractivity contribution in [3.63, 3.8) is 0 Å². The highest BCUT2D eigenvalue weighted by Crippen LogP contribution is 2.24. The summed E-state index contributed by atoms with van der Waals surface area (Å²) in [7, 11) is 2.14. The first-order valence-corrected chi connectivity index (χ1v) is 4.42. The third-order valence-corrected chi connectivity index (χ3v) is 2.92. The SMILES string of the molecule is CN1CCC(O)CCC1(C)C. The van der Waals surface area contributed by atoms with Crippen LogP contribution in [-0.2, 0) is 0 Å². The first-order chi connectivity index (χ1) is 5.02. The van der Waals surface area contributed by atoms with E-state index >= 15 is 0 Å². The van der Waals surface area contributed by atoms with Gasteiger partial charge in [0.05, 0.1) is 6.10 Å². The van der Waals surface area contributed by atoms with E-state index < -0.39 is 0 Å². The Kier molecular flexibility index (Phi) is 2.55. The van der Waals surface area contributed by atoms with Gasteiger partial charge in [-0.15, -0.1) is 0 Å². The van der Waals surface area contributed by atoms with Gasteiger partial charge in [0.1, 0.15) is 0 Å². The molecule has 0 aromatic carbocycles. The summed E-state index contributed by atoms with van der Waals surface area (Å²) in [6, 6.07) is 0. The average molecular weight is 157 g/mol. The smallest absolute Gasteiger partial charge is 0.0553 e. The van der Waals surface area contributed by atoms with E-state index in [1.807, 2.05) is 0 Å². The topological polar surface area (TPSA) is 23.5 Å². The van der Waals surface area contributed by atoms with Crippen molar-refractivity contribution in [2.24, 2.45) is 0 Å². The maximum Gasteiger partial charge on any atom is 0.0553 e. The molecule has 1 aliphatic rings. The second kappa shape index (κ2) is 3.11. The maximum atomic E-state index is 9.41. The molecular formula is C9H19NO. The summed E-state index contributed by atoms with van der Waals surface area (Å²) in [6.45, 7) is 5.50. The molecule has 11 heavy (non-hydrogen) atoms. The molecule has 0 aromatic heterocycles. The van der Waals surface area contributed by atoms with E-state index in [9.17, 15) is 5.11 Å². The number of hydrogen-bond donors (Lipinski definition) is 1. The fourth-order valence-corrected chi connectivity index (χ4v) is 1.50. The lowest BCUT2D eigenvalue weighted by molar-refractivity contribution is 0.155. The van der Waals surface area contributed by atoms with Crippen LogP contribution in [0.3, 0.4) is 0 Å². The fraction of sp³-hybridized carbons (Fsp3) is 1.00. The summed E-state index contributed by atoms with van der Waals surface area (Å²) >= 11 is 0. The molecule has 1 aliphatic heterocycles. The highest BCUT2D eigenvalue weighted by atomic mass is 16.3. The van der Waals surface area contributed by atoms with Crippen LogP contribution < -0.4 is 0 Å². The molecule has 1 heterocycles. The first kappa shape index (κ1) is 9.01. The molecule has 0 amide bonds. The second-order valence-electron chi connectivity index (χ2n) is 4.22. The van der Waals surface area contributed by atoms with Crippen molar-refractivity contribution in [1.29, 1.82) is 0 Å². The minimum absolute atomic E-state index is 0.0702. The minimum atomic E-state index is -0.0702. The Bertz CT molecular complexity index is 134. The molecule has 1 rings (SSSR count). The number of aliphatic hydroxyl groups is 1. The highest BCUT2D eigenvalue weighted by Gasteiger charge is 2.27. The number of aliphatic hydroxyl groups excluding tert-OH is 1. The van der Waals surface area contributed by atoms with Crippen molar-refractivity contribution in [3.8, 4) is 0 Å². The van der Waals surface area contributed by atoms with Crippen LogP contribution in [0.4, 0.5) is 0 Å². The van der Waals surface area contributed by atoms with Gasteiger partial charge in [0, 0.05) is 12.1 Å². The molecule has 0 radical (unpaired) electrons. The van der Waals surface area contributed by atoms with Gasteiger partial charge in [0.2, 0.25) is 0 Å². The minimum Gasteiger partial charge on any atom is -0.393 e. The lowest BCUT2D eigenvalue weighted by Crippen LogP contribution is -2.40. The zero-order chi connectivity index (χ0) is 8.48. The molecular weight excluding hydrogens is 138 g/mol. The molecule has 0 spiro atoms. The Morgan fingerprint density at radius 2 is 2.00 bits per heavy atom. The number of likely N-dealkylation sites (tertiary alicyclic amines) is 1. The zero-order valence-corrected chi connectivity index (χ0v) is 7.80. The lowest BCUT2D eigenvalue weighted by atomic mass is 9.97. The van der Waals surface area contributed by atoms with Crippen LogP contribution in [0.1, 0.15) is 33.1 Å². The normalized spacial score (nSPS) is 33.3. The zero-order valence-electron chi connectivity index (χ0n) is 7.80. The van der Waals surface area contributed by atoms with E-state index in [4.69, 9.17) is 0 Å². The average Bonchev–Trinajstić information content (AvgIpc) is 2.03. The molecule has 66 valence electrons. The van der Waals surface area contributed by atoms with E-state index in [0.29, 0.717) is 0 Å². The van der Waals surface area contributed by atoms with Crippen LogP contribution in [0.15, 0.2) is 0 Å². The van der Waals surface area contributed by atoms with Crippen molar-refractivity contribution in [1.82, 2.24) is 4.90 Å². The van der Waals surface area contributed by atoms with Gasteiger partial charge in [-0.1, -0.05) is 0 Å². The predicted octanol–water partition coefficient (Wildman–Crippen LogP) is 1.24. The van der Waals surface area contributed by atoms with Gasteiger partial charge in [0.15, 0.2) is 0 Å². The van der Waals surface area contributed by atoms with Gasteiger partial charge in [-0.3, -0.25) is 0 Å². The fourth-order valence-electron chi connectivity index (χ4n) is 1.50. The Hall–Kier alpha value is -0.0800. The van der Waals surface area contributed by atoms with Gasteiger partial charge < -0.3 is 10.0 Å². The molecule has 1 fully saturated rings. The van der Waals surface area contributed by atoms with Crippen LogP contribution >= 0.6 is 0 Å². The molecule has 0 bridgehead atoms. The van der Waals surface area contributed by atoms with Crippen LogP contribution in [-0.4, -0.2) is 35.2 Å². The monoisotopic (exact) mass is 157 g/mol. The van der Waals surface area contributed by atoms with Crippen LogP contribution in [0.2, 0.25) is 0 Å². The highest BCUT2D eigenvalue weighted by molar-refractivity contribution is 4.83. The van der Waals surface area contributed by atoms with Gasteiger partial charge in [-0.05, 0) is 40.2 Å². The summed E-state index contributed by atoms with van der Waals surface area (Å²) < 4.78 is 0. The van der Waals surface area contributed by atoms with Crippen molar-refractivity contribution in [2.75, 3.05) is 13.6 Å². The van der Waals surface area contributed by atoms with Gasteiger partial charge >= 0.3 is 0 Å². The van der Waals surface area contributed by atoms with E-state index in [1.165, 1.54) is 0 Å². The van der Waals surface area contributed by atoms with E-state index in [-0.39, 0.29) is 11.6 Å². The second-order valence-corrected chi connectivity index (χ2v) is 4.22. The Labute approximate surface area is 69.2 Å². The third kappa shape index (κ3) is 2.17. The number of rotatable bonds is 0. The standard InChI is InChI=1S/C9H19NO/c1-9(2)6-4-8(11)5-7-10(9)3/h8,11H,4-7H2,1-3H3. The molecule has 1 unspecified atom stereocenters. The van der Waals surface area contributed by atoms with Crippen molar-refractivity contribution in [2.45, 2.75) is 44.8 Å². The van der Waals surface area contributed by atoms with E-state index in [2.05, 4.69) is 25.8 Å². The summed E-state index contributed by atoms with van der Waals surface area (Å²) in [6.07, 6.45) is 2.92. The maximum absolute atomic E-state index is 9.41. The Balaban J connectivity index is 2.56. The van der Waals surface area contributed by atoms with E-state index in [0.717, 1.165) is 25.8 Å². The van der Waals surface area contributed by atoms with Crippen LogP contribution in [0, 0.1) is 0 Å². The molecule has 1 N–H and O–H groups in total. The van der Waals surface area contributed by atoms with Gasteiger partial charge in [0.25, 0.3) is 0 Å². The van der Waals surface area contributed by atoms with Gasteiger partial charge in [-0.2, -0.15) is 0 Å². The Morgan fingerprint density at radius 3 is 2.64 bits per heavy atom. The number of hydrogen-bond acceptors (Lipinski definition) is 2. The van der Waals surface area contributed by atoms with Crippen LogP contribution in [0.25, 0.3) is 0 Å². The van der Waals surface area contributed by atoms with Gasteiger partial charge in [-0.25, -0.2) is 0 Å². The molecule has 0 aliphatic carbocycles. The van der Waals surface area contributed by atoms with E-state index in [1.54, 1.807) is 0 Å². The van der Waals surface area contributed by atoms with Crippen molar-refractivity contribution >= 4 is 0 Å². The molecule has 0 saturated carbocycles. The van der Waals surface area contributed by atoms with Crippen molar-refractivity contribution < 1.29 is 5.11 Å². The first-order valence-electron chi connectivity index (χ1n) is 4.42. The molecule has 2 nitrogen and oxygen atoms in total. The largest absolute Gasteiger partial charge is 0.393 e. The van der Waals surface area contributed by atoms with Crippen molar-refractivity contribution in [3.05, 3.63) is 0 Å². The predicted molar refractivity (Wildman–Crippen MR) is 46.6 cm³/mol. The molecule has 1 atom stereocenters. The lowest BCUT2D eigenvalue weighted by Gasteiger charge is -2.33. The molecule has 0 aromatic rings. The molecule has 1 saturated heterocycles. The summed E-state index contributed by atoms with van der Waals surface area (Å²) in [5, 5.41) is 9.41. The summed E-state index contributed by atoms with van der Waals surface area (Å²) in [5.74, 6) is 0.